The van der Waals surface area contributed by atoms with Crippen LogP contribution >= 0.6 is 0 Å². The van der Waals surface area contributed by atoms with Crippen molar-refractivity contribution in [3.05, 3.63) is 53.3 Å². The Morgan fingerprint density at radius 3 is 2.84 bits per heavy atom. The van der Waals surface area contributed by atoms with Gasteiger partial charge in [-0.3, -0.25) is 0 Å². The Bertz CT molecular complexity index is 866. The average Bonchev–Trinajstić information content (AvgIpc) is 2.68. The fraction of sp³-hybridized carbons (Fsp3) is 0.294. The summed E-state index contributed by atoms with van der Waals surface area (Å²) in [7, 11) is -3.98. The van der Waals surface area contributed by atoms with Crippen LogP contribution in [0, 0.1) is 11.8 Å². The van der Waals surface area contributed by atoms with Gasteiger partial charge in [-0.25, -0.2) is 0 Å². The predicted molar refractivity (Wildman–Crippen MR) is 90.8 cm³/mol. The fourth-order valence-electron chi connectivity index (χ4n) is 2.13. The molecule has 0 heterocycles. The van der Waals surface area contributed by atoms with Crippen molar-refractivity contribution in [2.45, 2.75) is 28.6 Å². The van der Waals surface area contributed by atoms with Gasteiger partial charge in [0.15, 0.2) is 0 Å². The van der Waals surface area contributed by atoms with E-state index in [0.29, 0.717) is 25.0 Å². The van der Waals surface area contributed by atoms with Gasteiger partial charge >= 0.3 is 157 Å². The molecule has 0 fully saturated rings. The zero-order valence-electron chi connectivity index (χ0n) is 13.0. The summed E-state index contributed by atoms with van der Waals surface area (Å²) in [6.07, 6.45) is 2.63. The molecule has 1 aromatic rings. The predicted octanol–water partition coefficient (Wildman–Crippen LogP) is 3.21. The number of benzene rings is 1. The van der Waals surface area contributed by atoms with Crippen LogP contribution in [0.15, 0.2) is 47.8 Å². The van der Waals surface area contributed by atoms with Crippen molar-refractivity contribution in [2.75, 3.05) is 0 Å². The summed E-state index contributed by atoms with van der Waals surface area (Å²) in [6.45, 7) is 0. The van der Waals surface area contributed by atoms with Gasteiger partial charge in [-0.15, -0.1) is 0 Å². The van der Waals surface area contributed by atoms with Gasteiger partial charge in [0.05, 0.1) is 0 Å². The average molecular weight is 562 g/mol. The molecule has 1 aliphatic rings. The van der Waals surface area contributed by atoms with Gasteiger partial charge in [0, 0.05) is 0 Å². The van der Waals surface area contributed by atoms with E-state index in [0.717, 1.165) is 36.7 Å². The zero-order chi connectivity index (χ0) is 18.4. The number of rotatable bonds is 7. The Morgan fingerprint density at radius 1 is 1.36 bits per heavy atom. The SMILES string of the molecule is O=S(=O)(O)[CH]([Po])CCCc1cccc(OC2=CC(F)=C(F)C#CC2)c1. The van der Waals surface area contributed by atoms with Crippen LogP contribution in [0.3, 0.4) is 0 Å². The topological polar surface area (TPSA) is 63.6 Å². The van der Waals surface area contributed by atoms with Crippen molar-refractivity contribution in [1.82, 2.24) is 0 Å². The molecule has 133 valence electrons. The third-order valence-electron chi connectivity index (χ3n) is 3.34. The van der Waals surface area contributed by atoms with Gasteiger partial charge in [-0.2, -0.15) is 4.39 Å². The van der Waals surface area contributed by atoms with Gasteiger partial charge in [-0.1, -0.05) is 0 Å². The molecule has 0 spiro atoms. The number of ether oxygens (including phenoxy) is 1. The van der Waals surface area contributed by atoms with Crippen LogP contribution in [-0.2, 0) is 16.5 Å². The van der Waals surface area contributed by atoms with E-state index < -0.39 is 24.7 Å². The van der Waals surface area contributed by atoms with Gasteiger partial charge in [0.25, 0.3) is 0 Å². The molecule has 1 radical (unpaired) electrons. The van der Waals surface area contributed by atoms with Crippen LogP contribution in [0.1, 0.15) is 24.8 Å². The van der Waals surface area contributed by atoms with Crippen LogP contribution in [-0.4, -0.2) is 40.9 Å². The third-order valence-corrected chi connectivity index (χ3v) is 8.00. The standard InChI is InChI=1S/C17H15F2O4S.Po/c18-16-9-4-8-15(12-17(16)19)23-14-7-3-6-13(11-14)5-1-2-10-24(20,21)22;/h3,6-7,10-12H,1-2,5,8H2,(H,20,21,22);. The minimum atomic E-state index is -3.98. The second-order valence-electron chi connectivity index (χ2n) is 5.34. The molecule has 0 saturated carbocycles. The van der Waals surface area contributed by atoms with Crippen LogP contribution in [0.4, 0.5) is 8.78 Å². The molecule has 1 aromatic carbocycles. The summed E-state index contributed by atoms with van der Waals surface area (Å²) < 4.78 is 62.3. The molecule has 4 nitrogen and oxygen atoms in total. The van der Waals surface area contributed by atoms with E-state index in [1.54, 1.807) is 18.2 Å². The first kappa shape index (κ1) is 20.0. The fourth-order valence-corrected chi connectivity index (χ4v) is 3.24. The summed E-state index contributed by atoms with van der Waals surface area (Å²) >= 11 is 0.804. The molecular weight excluding hydrogens is 547 g/mol. The number of allylic oxidation sites excluding steroid dienone is 4. The summed E-state index contributed by atoms with van der Waals surface area (Å²) in [5.41, 5.74) is 0.914. The summed E-state index contributed by atoms with van der Waals surface area (Å²) in [6, 6.07) is 7.06. The molecule has 0 aromatic heterocycles. The van der Waals surface area contributed by atoms with Crippen LogP contribution < -0.4 is 4.74 Å². The van der Waals surface area contributed by atoms with Gasteiger partial charge in [0.1, 0.15) is 0 Å². The Kier molecular flexibility index (Phi) is 7.13. The normalized spacial score (nSPS) is 15.8. The van der Waals surface area contributed by atoms with Crippen molar-refractivity contribution >= 4 is 35.2 Å². The first-order valence-corrected chi connectivity index (χ1v) is 10.7. The molecule has 25 heavy (non-hydrogen) atoms. The van der Waals surface area contributed by atoms with Crippen molar-refractivity contribution in [3.63, 3.8) is 0 Å². The van der Waals surface area contributed by atoms with Gasteiger partial charge in [-0.05, 0) is 0 Å². The summed E-state index contributed by atoms with van der Waals surface area (Å²) in [5.74, 6) is 3.05. The van der Waals surface area contributed by atoms with Crippen molar-refractivity contribution in [3.8, 4) is 17.6 Å². The number of aryl methyl sites for hydroxylation is 1. The van der Waals surface area contributed by atoms with E-state index in [4.69, 9.17) is 9.29 Å². The zero-order valence-corrected chi connectivity index (χ0v) is 17.0. The Morgan fingerprint density at radius 2 is 2.12 bits per heavy atom. The second-order valence-corrected chi connectivity index (χ2v) is 10.4. The van der Waals surface area contributed by atoms with Gasteiger partial charge < -0.3 is 0 Å². The van der Waals surface area contributed by atoms with E-state index >= 15 is 0 Å². The van der Waals surface area contributed by atoms with Crippen LogP contribution in [0.25, 0.3) is 0 Å². The maximum atomic E-state index is 13.4. The number of halogens is 2. The van der Waals surface area contributed by atoms with E-state index in [9.17, 15) is 17.2 Å². The van der Waals surface area contributed by atoms with E-state index in [1.165, 1.54) is 0 Å². The molecule has 0 saturated heterocycles. The first-order chi connectivity index (χ1) is 11.8. The van der Waals surface area contributed by atoms with Crippen molar-refractivity contribution in [1.29, 1.82) is 0 Å². The maximum absolute atomic E-state index is 13.4. The molecule has 0 bridgehead atoms. The van der Waals surface area contributed by atoms with Crippen LogP contribution in [0.5, 0.6) is 5.75 Å². The monoisotopic (exact) mass is 562 g/mol. The molecule has 1 aliphatic carbocycles. The Labute approximate surface area is 160 Å². The molecule has 0 amide bonds. The van der Waals surface area contributed by atoms with E-state index in [2.05, 4.69) is 11.8 Å². The van der Waals surface area contributed by atoms with Crippen LogP contribution in [0.2, 0.25) is 0 Å². The summed E-state index contributed by atoms with van der Waals surface area (Å²) in [4.78, 5) is 0. The molecule has 0 aliphatic heterocycles. The Hall–Kier alpha value is -1.27. The van der Waals surface area contributed by atoms with Gasteiger partial charge in [0.2, 0.25) is 0 Å². The second kappa shape index (κ2) is 8.90. The number of hydrogen-bond donors (Lipinski definition) is 1. The Balaban J connectivity index is 1.98. The van der Waals surface area contributed by atoms with E-state index in [-0.39, 0.29) is 12.2 Å². The minimum absolute atomic E-state index is 0.0969. The first-order valence-electron chi connectivity index (χ1n) is 7.39. The molecule has 2 rings (SSSR count). The summed E-state index contributed by atoms with van der Waals surface area (Å²) in [5, 5.41) is 0. The van der Waals surface area contributed by atoms with Crippen molar-refractivity contribution in [2.24, 2.45) is 0 Å². The molecule has 8 heteroatoms. The number of hydrogen-bond acceptors (Lipinski definition) is 3. The van der Waals surface area contributed by atoms with E-state index in [1.807, 2.05) is 6.07 Å². The quantitative estimate of drug-likeness (QED) is 0.410. The third kappa shape index (κ3) is 6.51. The molecule has 1 unspecified atom stereocenters. The molecule has 1 atom stereocenters. The molecular formula is C17H15F2O4PoS. The van der Waals surface area contributed by atoms with Crippen molar-refractivity contribution < 1.29 is 26.5 Å². The molecule has 1 N–H and O–H groups in total.